The van der Waals surface area contributed by atoms with Gasteiger partial charge in [0.2, 0.25) is 0 Å². The van der Waals surface area contributed by atoms with Crippen molar-refractivity contribution in [1.29, 1.82) is 0 Å². The number of rotatable bonds is 1. The molecule has 110 valence electrons. The standard InChI is InChI=1S/C15H25BN2O2/c1-13(2,3)11-9-8-10(17)12(18-11)16-19-14(4,5)15(6,7)20-16/h8-9H,17H2,1-7H3. The Labute approximate surface area is 122 Å². The number of nitrogen functional groups attached to an aromatic ring is 1. The van der Waals surface area contributed by atoms with Crippen LogP contribution in [0.5, 0.6) is 0 Å². The van der Waals surface area contributed by atoms with E-state index < -0.39 is 7.12 Å². The predicted molar refractivity (Wildman–Crippen MR) is 83.1 cm³/mol. The summed E-state index contributed by atoms with van der Waals surface area (Å²) in [5, 5.41) is 0. The fraction of sp³-hybridized carbons (Fsp3) is 0.667. The van der Waals surface area contributed by atoms with E-state index in [1.165, 1.54) is 0 Å². The first-order valence-corrected chi connectivity index (χ1v) is 7.06. The number of anilines is 1. The van der Waals surface area contributed by atoms with E-state index in [0.29, 0.717) is 11.3 Å². The summed E-state index contributed by atoms with van der Waals surface area (Å²) in [5.41, 5.74) is 7.53. The van der Waals surface area contributed by atoms with Crippen molar-refractivity contribution in [3.05, 3.63) is 17.8 Å². The maximum Gasteiger partial charge on any atom is 0.516 e. The fourth-order valence-electron chi connectivity index (χ4n) is 2.05. The molecule has 4 nitrogen and oxygen atoms in total. The summed E-state index contributed by atoms with van der Waals surface area (Å²) >= 11 is 0. The second kappa shape index (κ2) is 4.47. The highest BCUT2D eigenvalue weighted by Crippen LogP contribution is 2.36. The normalized spacial score (nSPS) is 21.2. The van der Waals surface area contributed by atoms with E-state index in [2.05, 4.69) is 25.8 Å². The summed E-state index contributed by atoms with van der Waals surface area (Å²) in [6, 6.07) is 3.85. The lowest BCUT2D eigenvalue weighted by molar-refractivity contribution is 0.00578. The van der Waals surface area contributed by atoms with Gasteiger partial charge in [-0.2, -0.15) is 0 Å². The van der Waals surface area contributed by atoms with Crippen LogP contribution in [0.15, 0.2) is 12.1 Å². The van der Waals surface area contributed by atoms with Gasteiger partial charge in [-0.1, -0.05) is 20.8 Å². The number of pyridine rings is 1. The van der Waals surface area contributed by atoms with Crippen LogP contribution in [0, 0.1) is 0 Å². The van der Waals surface area contributed by atoms with E-state index in [4.69, 9.17) is 15.0 Å². The third-order valence-corrected chi connectivity index (χ3v) is 4.20. The molecule has 0 aliphatic carbocycles. The molecule has 20 heavy (non-hydrogen) atoms. The zero-order valence-corrected chi connectivity index (χ0v) is 13.6. The second-order valence-electron chi connectivity index (χ2n) is 7.51. The Hall–Kier alpha value is -1.07. The minimum atomic E-state index is -0.512. The first-order valence-electron chi connectivity index (χ1n) is 7.06. The van der Waals surface area contributed by atoms with Gasteiger partial charge in [0.15, 0.2) is 0 Å². The molecule has 2 heterocycles. The molecule has 2 rings (SSSR count). The minimum Gasteiger partial charge on any atom is -0.398 e. The van der Waals surface area contributed by atoms with Gasteiger partial charge < -0.3 is 15.0 Å². The van der Waals surface area contributed by atoms with E-state index in [1.807, 2.05) is 39.8 Å². The molecule has 5 heteroatoms. The van der Waals surface area contributed by atoms with Crippen molar-refractivity contribution in [3.8, 4) is 0 Å². The first-order chi connectivity index (χ1) is 8.94. The molecule has 0 radical (unpaired) electrons. The Bertz CT molecular complexity index is 505. The molecule has 1 aromatic heterocycles. The molecule has 1 fully saturated rings. The molecule has 0 aromatic carbocycles. The monoisotopic (exact) mass is 276 g/mol. The van der Waals surface area contributed by atoms with Crippen molar-refractivity contribution in [2.45, 2.75) is 65.1 Å². The molecule has 0 saturated carbocycles. The molecule has 1 aliphatic heterocycles. The van der Waals surface area contributed by atoms with Gasteiger partial charge in [-0.15, -0.1) is 0 Å². The maximum absolute atomic E-state index is 6.07. The van der Waals surface area contributed by atoms with Crippen LogP contribution in [0.2, 0.25) is 0 Å². The number of hydrogen-bond donors (Lipinski definition) is 1. The molecular formula is C15H25BN2O2. The lowest BCUT2D eigenvalue weighted by Gasteiger charge is -2.32. The van der Waals surface area contributed by atoms with Gasteiger partial charge in [0.1, 0.15) is 0 Å². The lowest BCUT2D eigenvalue weighted by Crippen LogP contribution is -2.41. The molecule has 0 atom stereocenters. The van der Waals surface area contributed by atoms with Crippen molar-refractivity contribution in [2.75, 3.05) is 5.73 Å². The Balaban J connectivity index is 2.40. The molecule has 0 spiro atoms. The van der Waals surface area contributed by atoms with E-state index >= 15 is 0 Å². The van der Waals surface area contributed by atoms with E-state index in [-0.39, 0.29) is 16.6 Å². The van der Waals surface area contributed by atoms with Gasteiger partial charge in [0.25, 0.3) is 0 Å². The van der Waals surface area contributed by atoms with E-state index in [1.54, 1.807) is 0 Å². The van der Waals surface area contributed by atoms with Crippen molar-refractivity contribution < 1.29 is 9.31 Å². The summed E-state index contributed by atoms with van der Waals surface area (Å²) in [7, 11) is -0.512. The fourth-order valence-corrected chi connectivity index (χ4v) is 2.05. The summed E-state index contributed by atoms with van der Waals surface area (Å²) in [6.45, 7) is 14.5. The highest BCUT2D eigenvalue weighted by molar-refractivity contribution is 6.62. The summed E-state index contributed by atoms with van der Waals surface area (Å²) in [4.78, 5) is 4.68. The van der Waals surface area contributed by atoms with Crippen LogP contribution in [-0.4, -0.2) is 23.3 Å². The molecule has 0 amide bonds. The van der Waals surface area contributed by atoms with Crippen LogP contribution >= 0.6 is 0 Å². The van der Waals surface area contributed by atoms with Crippen molar-refractivity contribution in [2.24, 2.45) is 0 Å². The van der Waals surface area contributed by atoms with Crippen molar-refractivity contribution in [1.82, 2.24) is 4.98 Å². The van der Waals surface area contributed by atoms with Crippen LogP contribution in [0.1, 0.15) is 54.2 Å². The Morgan fingerprint density at radius 1 is 1.05 bits per heavy atom. The minimum absolute atomic E-state index is 0.0356. The van der Waals surface area contributed by atoms with Crippen LogP contribution in [0.3, 0.4) is 0 Å². The SMILES string of the molecule is CC(C)(C)c1ccc(N)c(B2OC(C)(C)C(C)(C)O2)n1. The topological polar surface area (TPSA) is 57.4 Å². The van der Waals surface area contributed by atoms with Crippen LogP contribution in [0.25, 0.3) is 0 Å². The lowest BCUT2D eigenvalue weighted by atomic mass is 9.81. The molecule has 1 aromatic rings. The highest BCUT2D eigenvalue weighted by Gasteiger charge is 2.53. The summed E-state index contributed by atoms with van der Waals surface area (Å²) in [6.07, 6.45) is 0. The zero-order chi connectivity index (χ0) is 15.3. The molecule has 0 unspecified atom stereocenters. The van der Waals surface area contributed by atoms with Gasteiger partial charge in [-0.05, 0) is 39.8 Å². The van der Waals surface area contributed by atoms with Crippen LogP contribution < -0.4 is 11.3 Å². The Morgan fingerprint density at radius 3 is 2.00 bits per heavy atom. The average molecular weight is 276 g/mol. The molecular weight excluding hydrogens is 251 g/mol. The number of nitrogens with zero attached hydrogens (tertiary/aromatic N) is 1. The Morgan fingerprint density at radius 2 is 1.55 bits per heavy atom. The van der Waals surface area contributed by atoms with Crippen LogP contribution in [0.4, 0.5) is 5.69 Å². The predicted octanol–water partition coefficient (Wildman–Crippen LogP) is 2.26. The van der Waals surface area contributed by atoms with E-state index in [9.17, 15) is 0 Å². The van der Waals surface area contributed by atoms with Crippen LogP contribution in [-0.2, 0) is 14.7 Å². The summed E-state index contributed by atoms with van der Waals surface area (Å²) < 4.78 is 12.1. The van der Waals surface area contributed by atoms with Crippen molar-refractivity contribution >= 4 is 18.4 Å². The van der Waals surface area contributed by atoms with Gasteiger partial charge in [-0.3, -0.25) is 4.98 Å². The molecule has 1 aliphatic rings. The molecule has 2 N–H and O–H groups in total. The molecule has 0 bridgehead atoms. The third kappa shape index (κ3) is 2.57. The second-order valence-corrected chi connectivity index (χ2v) is 7.51. The molecule has 1 saturated heterocycles. The Kier molecular flexibility index (Phi) is 3.42. The number of aromatic nitrogens is 1. The van der Waals surface area contributed by atoms with Gasteiger partial charge >= 0.3 is 7.12 Å². The van der Waals surface area contributed by atoms with Gasteiger partial charge in [-0.25, -0.2) is 0 Å². The van der Waals surface area contributed by atoms with Gasteiger partial charge in [0, 0.05) is 16.8 Å². The third-order valence-electron chi connectivity index (χ3n) is 4.20. The maximum atomic E-state index is 6.07. The average Bonchev–Trinajstić information content (AvgIpc) is 2.46. The smallest absolute Gasteiger partial charge is 0.398 e. The number of hydrogen-bond acceptors (Lipinski definition) is 4. The van der Waals surface area contributed by atoms with Gasteiger partial charge in [0.05, 0.1) is 16.8 Å². The quantitative estimate of drug-likeness (QED) is 0.799. The zero-order valence-electron chi connectivity index (χ0n) is 13.6. The van der Waals surface area contributed by atoms with E-state index in [0.717, 1.165) is 5.69 Å². The summed E-state index contributed by atoms with van der Waals surface area (Å²) in [5.74, 6) is 0. The largest absolute Gasteiger partial charge is 0.516 e. The number of nitrogens with two attached hydrogens (primary N) is 1. The van der Waals surface area contributed by atoms with Crippen molar-refractivity contribution in [3.63, 3.8) is 0 Å². The first kappa shape index (κ1) is 15.3. The highest BCUT2D eigenvalue weighted by atomic mass is 16.7.